The van der Waals surface area contributed by atoms with Crippen LogP contribution in [-0.2, 0) is 0 Å². The molecular weight excluding hydrogens is 121 g/mol. The number of allylic oxidation sites excluding steroid dienone is 2. The Morgan fingerprint density at radius 1 is 1.67 bits per heavy atom. The first-order valence-corrected chi connectivity index (χ1v) is 2.31. The van der Waals surface area contributed by atoms with Crippen molar-refractivity contribution >= 4 is 5.97 Å². The molecule has 0 aromatic rings. The molecule has 4 heteroatoms. The van der Waals surface area contributed by atoms with Gasteiger partial charge in [-0.15, -0.1) is 5.10 Å². The molecule has 45 valence electrons. The lowest BCUT2D eigenvalue weighted by Gasteiger charge is -1.82. The van der Waals surface area contributed by atoms with Gasteiger partial charge in [-0.3, -0.25) is 0 Å². The monoisotopic (exact) mass is 124 g/mol. The van der Waals surface area contributed by atoms with Crippen LogP contribution in [0, 0.1) is 11.3 Å². The fourth-order valence-corrected chi connectivity index (χ4v) is 0.495. The van der Waals surface area contributed by atoms with Gasteiger partial charge in [0.2, 0.25) is 0 Å². The number of halogens is 1. The molecule has 1 rings (SSSR count). The van der Waals surface area contributed by atoms with Crippen molar-refractivity contribution in [1.82, 2.24) is 5.43 Å². The van der Waals surface area contributed by atoms with Crippen molar-refractivity contribution in [2.24, 2.45) is 5.10 Å². The molecule has 0 saturated carbocycles. The number of hydrogen-bond donors (Lipinski definition) is 0. The fourth-order valence-electron chi connectivity index (χ4n) is 0.495. The Morgan fingerprint density at radius 3 is 2.56 bits per heavy atom. The van der Waals surface area contributed by atoms with E-state index in [4.69, 9.17) is 5.26 Å². The molecule has 1 aliphatic rings. The largest absolute Gasteiger partial charge is 0.252 e. The van der Waals surface area contributed by atoms with Gasteiger partial charge in [-0.1, -0.05) is 0 Å². The van der Waals surface area contributed by atoms with Gasteiger partial charge in [0, 0.05) is 0 Å². The van der Waals surface area contributed by atoms with E-state index in [-0.39, 0.29) is 5.57 Å². The predicted octanol–water partition coefficient (Wildman–Crippen LogP) is 0.685. The molecule has 0 amide bonds. The molecule has 1 aliphatic heterocycles. The lowest BCUT2D eigenvalue weighted by atomic mass is 10.3. The standard InChI is InChI=1S/C5H3FN3/c1-3-4(2-7)5(6)9-8-3/h1H3. The summed E-state index contributed by atoms with van der Waals surface area (Å²) in [7, 11) is 0. The van der Waals surface area contributed by atoms with Gasteiger partial charge in [0.05, 0.1) is 5.70 Å². The third kappa shape index (κ3) is 0.765. The van der Waals surface area contributed by atoms with Crippen LogP contribution in [0.4, 0.5) is 4.39 Å². The van der Waals surface area contributed by atoms with Crippen molar-refractivity contribution < 1.29 is 4.39 Å². The van der Waals surface area contributed by atoms with Crippen molar-refractivity contribution in [2.75, 3.05) is 0 Å². The molecular formula is C5H3FN3. The SMILES string of the molecule is CC1=C(C#N)C(F)=N[N]1. The first kappa shape index (κ1) is 5.76. The van der Waals surface area contributed by atoms with Crippen molar-refractivity contribution in [3.8, 4) is 6.07 Å². The van der Waals surface area contributed by atoms with Crippen LogP contribution in [0.1, 0.15) is 6.92 Å². The number of hydrogen-bond acceptors (Lipinski definition) is 2. The zero-order chi connectivity index (χ0) is 6.85. The quantitative estimate of drug-likeness (QED) is 0.468. The normalized spacial score (nSPS) is 16.8. The molecule has 9 heavy (non-hydrogen) atoms. The minimum absolute atomic E-state index is 0.0602. The van der Waals surface area contributed by atoms with Gasteiger partial charge < -0.3 is 0 Å². The summed E-state index contributed by atoms with van der Waals surface area (Å²) in [6, 6.07) is 1.64. The highest BCUT2D eigenvalue weighted by molar-refractivity contribution is 5.98. The van der Waals surface area contributed by atoms with Gasteiger partial charge in [0.15, 0.2) is 0 Å². The first-order chi connectivity index (χ1) is 4.25. The summed E-state index contributed by atoms with van der Waals surface area (Å²) in [6.07, 6.45) is 0. The Kier molecular flexibility index (Phi) is 1.19. The summed E-state index contributed by atoms with van der Waals surface area (Å²) in [5.41, 5.74) is 3.62. The molecule has 3 nitrogen and oxygen atoms in total. The first-order valence-electron chi connectivity index (χ1n) is 2.31. The Hall–Kier alpha value is -1.37. The van der Waals surface area contributed by atoms with Crippen molar-refractivity contribution in [3.05, 3.63) is 11.3 Å². The van der Waals surface area contributed by atoms with E-state index in [9.17, 15) is 4.39 Å². The second-order valence-corrected chi connectivity index (χ2v) is 1.56. The Bertz CT molecular complexity index is 233. The molecule has 1 heterocycles. The van der Waals surface area contributed by atoms with Crippen molar-refractivity contribution in [2.45, 2.75) is 6.92 Å². The third-order valence-corrected chi connectivity index (χ3v) is 0.968. The molecule has 0 spiro atoms. The van der Waals surface area contributed by atoms with E-state index in [1.54, 1.807) is 6.07 Å². The van der Waals surface area contributed by atoms with E-state index in [1.165, 1.54) is 6.92 Å². The Labute approximate surface area is 51.5 Å². The van der Waals surface area contributed by atoms with E-state index in [0.717, 1.165) is 0 Å². The molecule has 1 radical (unpaired) electrons. The second kappa shape index (κ2) is 1.86. The highest BCUT2D eigenvalue weighted by Gasteiger charge is 2.16. The maximum atomic E-state index is 12.2. The summed E-state index contributed by atoms with van der Waals surface area (Å²) in [6.45, 7) is 1.54. The van der Waals surface area contributed by atoms with Gasteiger partial charge in [0.1, 0.15) is 11.6 Å². The molecule has 0 atom stereocenters. The molecule has 0 unspecified atom stereocenters. The number of rotatable bonds is 0. The fraction of sp³-hybridized carbons (Fsp3) is 0.200. The maximum Gasteiger partial charge on any atom is 0.252 e. The van der Waals surface area contributed by atoms with E-state index in [0.29, 0.717) is 5.70 Å². The highest BCUT2D eigenvalue weighted by Crippen LogP contribution is 2.11. The van der Waals surface area contributed by atoms with Crippen LogP contribution >= 0.6 is 0 Å². The van der Waals surface area contributed by atoms with Crippen LogP contribution in [0.25, 0.3) is 0 Å². The Balaban J connectivity index is 3.01. The van der Waals surface area contributed by atoms with E-state index in [2.05, 4.69) is 10.5 Å². The van der Waals surface area contributed by atoms with E-state index in [1.807, 2.05) is 0 Å². The van der Waals surface area contributed by atoms with Crippen LogP contribution < -0.4 is 5.43 Å². The third-order valence-electron chi connectivity index (χ3n) is 0.968. The van der Waals surface area contributed by atoms with Gasteiger partial charge in [0.25, 0.3) is 5.97 Å². The lowest BCUT2D eigenvalue weighted by molar-refractivity contribution is 0.786. The number of nitrogens with zero attached hydrogens (tertiary/aromatic N) is 3. The summed E-state index contributed by atoms with van der Waals surface area (Å²) >= 11 is 0. The van der Waals surface area contributed by atoms with Crippen molar-refractivity contribution in [3.63, 3.8) is 0 Å². The average molecular weight is 124 g/mol. The molecule has 0 N–H and O–H groups in total. The van der Waals surface area contributed by atoms with Gasteiger partial charge in [-0.05, 0) is 6.92 Å². The van der Waals surface area contributed by atoms with Crippen LogP contribution in [0.3, 0.4) is 0 Å². The molecule has 0 fully saturated rings. The molecule has 0 bridgehead atoms. The average Bonchev–Trinajstić information content (AvgIpc) is 2.12. The smallest absolute Gasteiger partial charge is 0.192 e. The van der Waals surface area contributed by atoms with Crippen LogP contribution in [0.5, 0.6) is 0 Å². The van der Waals surface area contributed by atoms with Crippen LogP contribution in [-0.4, -0.2) is 5.97 Å². The van der Waals surface area contributed by atoms with E-state index >= 15 is 0 Å². The summed E-state index contributed by atoms with van der Waals surface area (Å²) in [4.78, 5) is 0. The minimum atomic E-state index is -0.782. The summed E-state index contributed by atoms with van der Waals surface area (Å²) < 4.78 is 12.2. The van der Waals surface area contributed by atoms with Gasteiger partial charge in [-0.2, -0.15) is 15.1 Å². The molecule has 0 aromatic carbocycles. The summed E-state index contributed by atoms with van der Waals surface area (Å²) in [5, 5.41) is 11.3. The van der Waals surface area contributed by atoms with E-state index < -0.39 is 5.97 Å². The van der Waals surface area contributed by atoms with Gasteiger partial charge in [-0.25, -0.2) is 0 Å². The topological polar surface area (TPSA) is 50.2 Å². The molecule has 0 aromatic heterocycles. The van der Waals surface area contributed by atoms with Crippen LogP contribution in [0.15, 0.2) is 16.4 Å². The highest BCUT2D eigenvalue weighted by atomic mass is 19.1. The zero-order valence-corrected chi connectivity index (χ0v) is 4.72. The summed E-state index contributed by atoms with van der Waals surface area (Å²) in [5.74, 6) is -0.782. The van der Waals surface area contributed by atoms with Gasteiger partial charge >= 0.3 is 0 Å². The molecule has 0 aliphatic carbocycles. The zero-order valence-electron chi connectivity index (χ0n) is 4.72. The Morgan fingerprint density at radius 2 is 2.33 bits per heavy atom. The lowest BCUT2D eigenvalue weighted by Crippen LogP contribution is -1.88. The molecule has 0 saturated heterocycles. The minimum Gasteiger partial charge on any atom is -0.192 e. The predicted molar refractivity (Wildman–Crippen MR) is 29.0 cm³/mol. The number of nitriles is 1. The van der Waals surface area contributed by atoms with Crippen LogP contribution in [0.2, 0.25) is 0 Å². The van der Waals surface area contributed by atoms with Crippen molar-refractivity contribution in [1.29, 1.82) is 5.26 Å². The second-order valence-electron chi connectivity index (χ2n) is 1.56. The maximum absolute atomic E-state index is 12.2.